The molecule has 0 radical (unpaired) electrons. The molecule has 40 nitrogen and oxygen atoms in total. The number of aromatic hydroxyl groups is 2. The van der Waals surface area contributed by atoms with Gasteiger partial charge in [-0.25, -0.2) is 9.59 Å². The number of benzene rings is 2. The molecule has 2 aliphatic heterocycles. The van der Waals surface area contributed by atoms with Gasteiger partial charge in [0.15, 0.2) is 0 Å². The lowest BCUT2D eigenvalue weighted by Crippen LogP contribution is -2.60. The molecule has 2 fully saturated rings. The van der Waals surface area contributed by atoms with E-state index in [1.807, 2.05) is 0 Å². The molecule has 0 bridgehead atoms. The second-order valence-corrected chi connectivity index (χ2v) is 25.3. The number of amides is 12. The highest BCUT2D eigenvalue weighted by Crippen LogP contribution is 2.18. The Morgan fingerprint density at radius 2 is 0.613 bits per heavy atom. The van der Waals surface area contributed by atoms with Crippen molar-refractivity contribution >= 4 is 107 Å². The van der Waals surface area contributed by atoms with Crippen molar-refractivity contribution in [2.24, 2.45) is 11.5 Å². The van der Waals surface area contributed by atoms with Crippen LogP contribution in [0.2, 0.25) is 0 Å². The van der Waals surface area contributed by atoms with Crippen LogP contribution in [0, 0.1) is 0 Å². The van der Waals surface area contributed by atoms with Crippen LogP contribution in [0.15, 0.2) is 48.5 Å². The van der Waals surface area contributed by atoms with Gasteiger partial charge in [-0.05, 0) is 126 Å². The van der Waals surface area contributed by atoms with Crippen LogP contribution >= 0.6 is 0 Å². The molecule has 2 aromatic rings. The normalized spacial score (nSPS) is 16.6. The van der Waals surface area contributed by atoms with Crippen LogP contribution in [0.4, 0.5) is 0 Å². The molecule has 582 valence electrons. The maximum absolute atomic E-state index is 14.8. The lowest BCUT2D eigenvalue weighted by Gasteiger charge is -2.27. The van der Waals surface area contributed by atoms with Gasteiger partial charge in [0.25, 0.3) is 0 Å². The Labute approximate surface area is 605 Å². The minimum Gasteiger partial charge on any atom is -0.508 e. The Balaban J connectivity index is 1.74. The molecular weight excluding hydrogens is 1400 g/mol. The molecule has 4 rings (SSSR count). The van der Waals surface area contributed by atoms with Gasteiger partial charge < -0.3 is 116 Å². The van der Waals surface area contributed by atoms with E-state index in [1.165, 1.54) is 48.5 Å². The predicted octanol–water partition coefficient (Wildman–Crippen LogP) is -5.05. The first kappa shape index (κ1) is 86.8. The first-order valence-corrected chi connectivity index (χ1v) is 34.1. The van der Waals surface area contributed by atoms with Gasteiger partial charge in [0.05, 0.1) is 12.8 Å². The fraction of sp³-hybridized carbons (Fsp3) is 0.545. The van der Waals surface area contributed by atoms with Crippen molar-refractivity contribution in [2.75, 3.05) is 13.1 Å². The molecular formula is C66H92N14O26. The van der Waals surface area contributed by atoms with E-state index >= 15 is 0 Å². The number of nitrogens with one attached hydrogen (secondary N) is 12. The molecule has 0 aromatic heterocycles. The van der Waals surface area contributed by atoms with Gasteiger partial charge in [0.2, 0.25) is 70.9 Å². The van der Waals surface area contributed by atoms with Crippen molar-refractivity contribution in [3.8, 4) is 11.5 Å². The van der Waals surface area contributed by atoms with Crippen molar-refractivity contribution in [2.45, 2.75) is 214 Å². The summed E-state index contributed by atoms with van der Waals surface area (Å²) in [6.45, 7) is 0.262. The largest absolute Gasteiger partial charge is 0.508 e. The van der Waals surface area contributed by atoms with E-state index < -0.39 is 243 Å². The van der Waals surface area contributed by atoms with Gasteiger partial charge in [0, 0.05) is 38.5 Å². The zero-order valence-corrected chi connectivity index (χ0v) is 57.6. The molecule has 2 heterocycles. The second kappa shape index (κ2) is 44.2. The van der Waals surface area contributed by atoms with Gasteiger partial charge in [-0.15, -0.1) is 0 Å². The van der Waals surface area contributed by atoms with Crippen LogP contribution in [-0.2, 0) is 99.1 Å². The summed E-state index contributed by atoms with van der Waals surface area (Å²) in [5.74, 6) is -22.7. The number of carbonyl (C=O) groups excluding carboxylic acids is 12. The molecule has 12 amide bonds. The quantitative estimate of drug-likeness (QED) is 0.0276. The van der Waals surface area contributed by atoms with Crippen molar-refractivity contribution in [3.63, 3.8) is 0 Å². The van der Waals surface area contributed by atoms with E-state index in [2.05, 4.69) is 63.8 Å². The van der Waals surface area contributed by atoms with Crippen molar-refractivity contribution < 1.29 is 127 Å². The Morgan fingerprint density at radius 1 is 0.349 bits per heavy atom. The highest BCUT2D eigenvalue weighted by atomic mass is 16.4. The maximum atomic E-state index is 14.8. The van der Waals surface area contributed by atoms with Crippen LogP contribution in [-0.4, -0.2) is 233 Å². The second-order valence-electron chi connectivity index (χ2n) is 25.3. The lowest BCUT2D eigenvalue weighted by molar-refractivity contribution is -0.143. The summed E-state index contributed by atoms with van der Waals surface area (Å²) >= 11 is 0. The number of hydrogen-bond acceptors (Lipinski definition) is 22. The van der Waals surface area contributed by atoms with E-state index in [1.54, 1.807) is 0 Å². The summed E-state index contributed by atoms with van der Waals surface area (Å²) in [4.78, 5) is 238. The predicted molar refractivity (Wildman–Crippen MR) is 363 cm³/mol. The SMILES string of the molecule is NCCCC[C@H](NC(=O)C(CCCCC(NC(=O)[C@H](Cc1ccc(O)cc1)NC(=O)[C@H](CC(=O)O)NC(=O)[C@H](CCC(=O)O)NC(=O)[C@@H]1CCC(=O)N1)C(=O)N[C@@H](CCCCN)C(=O)O)NC(=O)[C@H](Cc1ccc(O)cc1)NC(=O)[C@H](CC(=O)O)NC(=O)[C@H](CCC(=O)O)NC(=O)[C@@H]1CCC(=O)N1)C(=O)O. The fourth-order valence-electron chi connectivity index (χ4n) is 11.1. The van der Waals surface area contributed by atoms with E-state index in [9.17, 15) is 127 Å². The van der Waals surface area contributed by atoms with Crippen LogP contribution in [0.1, 0.15) is 140 Å². The maximum Gasteiger partial charge on any atom is 0.326 e. The highest BCUT2D eigenvalue weighted by molar-refractivity contribution is 6.01. The molecule has 24 N–H and O–H groups in total. The molecule has 2 saturated heterocycles. The number of unbranched alkanes of at least 4 members (excludes halogenated alkanes) is 3. The van der Waals surface area contributed by atoms with Gasteiger partial charge in [0.1, 0.15) is 84.0 Å². The first-order valence-electron chi connectivity index (χ1n) is 34.1. The van der Waals surface area contributed by atoms with Crippen LogP contribution in [0.3, 0.4) is 0 Å². The lowest BCUT2D eigenvalue weighted by atomic mass is 10.00. The van der Waals surface area contributed by atoms with Crippen molar-refractivity contribution in [1.82, 2.24) is 63.8 Å². The third-order valence-corrected chi connectivity index (χ3v) is 16.8. The minimum atomic E-state index is -2.10. The topological polar surface area (TPSA) is 666 Å². The van der Waals surface area contributed by atoms with Crippen LogP contribution in [0.25, 0.3) is 0 Å². The van der Waals surface area contributed by atoms with E-state index in [4.69, 9.17) is 11.5 Å². The Morgan fingerprint density at radius 3 is 0.896 bits per heavy atom. The molecule has 2 aromatic carbocycles. The molecule has 0 aliphatic carbocycles. The Bertz CT molecular complexity index is 3260. The molecule has 12 atom stereocenters. The summed E-state index contributed by atoms with van der Waals surface area (Å²) in [7, 11) is 0. The fourth-order valence-corrected chi connectivity index (χ4v) is 11.1. The number of aliphatic carboxylic acids is 6. The van der Waals surface area contributed by atoms with Gasteiger partial charge in [-0.3, -0.25) is 76.7 Å². The molecule has 0 saturated carbocycles. The summed E-state index contributed by atoms with van der Waals surface area (Å²) in [5, 5.41) is 107. The third kappa shape index (κ3) is 31.2. The molecule has 106 heavy (non-hydrogen) atoms. The van der Waals surface area contributed by atoms with Gasteiger partial charge in [-0.1, -0.05) is 37.1 Å². The van der Waals surface area contributed by atoms with Crippen LogP contribution < -0.4 is 75.3 Å². The number of phenols is 2. The monoisotopic (exact) mass is 1500 g/mol. The summed E-state index contributed by atoms with van der Waals surface area (Å²) in [6.07, 6.45) is -7.18. The summed E-state index contributed by atoms with van der Waals surface area (Å²) in [5.41, 5.74) is 11.7. The Kier molecular flexibility index (Phi) is 36.2. The number of carboxylic acids is 6. The highest BCUT2D eigenvalue weighted by Gasteiger charge is 2.39. The van der Waals surface area contributed by atoms with Crippen molar-refractivity contribution in [1.29, 1.82) is 0 Å². The number of rotatable bonds is 49. The Hall–Kier alpha value is -11.6. The van der Waals surface area contributed by atoms with E-state index in [0.717, 1.165) is 0 Å². The zero-order valence-electron chi connectivity index (χ0n) is 57.6. The summed E-state index contributed by atoms with van der Waals surface area (Å²) < 4.78 is 0. The molecule has 40 heteroatoms. The average Bonchev–Trinajstić information content (AvgIpc) is 1.50. The van der Waals surface area contributed by atoms with Crippen LogP contribution in [0.5, 0.6) is 11.5 Å². The van der Waals surface area contributed by atoms with E-state index in [0.29, 0.717) is 12.8 Å². The van der Waals surface area contributed by atoms with Gasteiger partial charge in [-0.2, -0.15) is 0 Å². The first-order chi connectivity index (χ1) is 50.2. The molecule has 0 spiro atoms. The zero-order chi connectivity index (χ0) is 78.7. The number of hydrogen-bond donors (Lipinski definition) is 22. The van der Waals surface area contributed by atoms with E-state index in [-0.39, 0.29) is 99.9 Å². The average molecular weight is 1500 g/mol. The minimum absolute atomic E-state index is 0.00135. The van der Waals surface area contributed by atoms with Crippen molar-refractivity contribution in [3.05, 3.63) is 59.7 Å². The third-order valence-electron chi connectivity index (χ3n) is 16.8. The number of carbonyl (C=O) groups is 18. The number of carboxylic acid groups (broad SMARTS) is 6. The number of phenolic OH excluding ortho intramolecular Hbond substituents is 2. The standard InChI is InChI=1S/C66H92N14O26/c67-27-5-3-9-43(65(103)104)75-55(93)37(71-61(99)45(29-33-11-15-35(81)16-12-33)77-63(101)47(31-53(89)90)79-59(97)41(21-25-51(85)86)73-57(95)39-19-23-49(83)69-39)7-1-2-8-38(56(94)76-44(66(105)106)10-4-6-28-68)72-62(100)46(30-34-13-17-36(82)18-14-34)78-64(102)48(32-54(91)92)80-60(98)42(22-26-52(87)88)74-58(96)40-20-24-50(84)70-40/h11-18,37-48,81-82H,1-10,19-32,67-68H2,(H,69,83)(H,70,84)(H,71,99)(H,72,100)(H,73,95)(H,74,96)(H,75,93)(H,76,94)(H,77,101)(H,78,102)(H,79,97)(H,80,98)(H,85,86)(H,87,88)(H,89,90)(H,91,92)(H,103,104)(H,105,106)/t37?,38?,39-,40-,41-,42-,43-,44-,45-,46-,47-,48-/m0/s1. The smallest absolute Gasteiger partial charge is 0.326 e. The number of nitrogens with two attached hydrogens (primary N) is 2. The van der Waals surface area contributed by atoms with Gasteiger partial charge >= 0.3 is 35.8 Å². The molecule has 2 aliphatic rings. The summed E-state index contributed by atoms with van der Waals surface area (Å²) in [6, 6.07) is -10.5. The molecule has 2 unspecified atom stereocenters.